The molecule has 0 fully saturated rings. The zero-order valence-electron chi connectivity index (χ0n) is 11.6. The molecule has 0 aliphatic carbocycles. The number of sulfonamides is 1. The summed E-state index contributed by atoms with van der Waals surface area (Å²) in [5.74, 6) is 0. The van der Waals surface area contributed by atoms with Crippen molar-refractivity contribution < 1.29 is 8.42 Å². The van der Waals surface area contributed by atoms with Gasteiger partial charge in [-0.3, -0.25) is 0 Å². The van der Waals surface area contributed by atoms with Crippen LogP contribution in [-0.4, -0.2) is 8.42 Å². The molecule has 21 heavy (non-hydrogen) atoms. The highest BCUT2D eigenvalue weighted by Crippen LogP contribution is 2.21. The maximum Gasteiger partial charge on any atom is 0.241 e. The third kappa shape index (κ3) is 3.75. The molecule has 112 valence electrons. The minimum absolute atomic E-state index is 0.139. The zero-order valence-corrected chi connectivity index (χ0v) is 13.2. The van der Waals surface area contributed by atoms with Crippen LogP contribution in [0.4, 0.5) is 5.69 Å². The van der Waals surface area contributed by atoms with Crippen LogP contribution < -0.4 is 10.5 Å². The van der Waals surface area contributed by atoms with Crippen LogP contribution in [0.1, 0.15) is 18.1 Å². The van der Waals surface area contributed by atoms with Crippen molar-refractivity contribution in [2.24, 2.45) is 0 Å². The third-order valence-electron chi connectivity index (χ3n) is 3.17. The Labute approximate surface area is 130 Å². The normalized spacial score (nSPS) is 11.5. The summed E-state index contributed by atoms with van der Waals surface area (Å²) in [5.41, 5.74) is 7.58. The van der Waals surface area contributed by atoms with Gasteiger partial charge in [0.2, 0.25) is 10.0 Å². The van der Waals surface area contributed by atoms with Gasteiger partial charge >= 0.3 is 0 Å². The van der Waals surface area contributed by atoms with E-state index in [9.17, 15) is 8.42 Å². The number of nitrogens with two attached hydrogens (primary N) is 1. The Morgan fingerprint density at radius 1 is 1.14 bits per heavy atom. The number of benzene rings is 2. The number of anilines is 1. The molecule has 0 aromatic heterocycles. The van der Waals surface area contributed by atoms with Crippen LogP contribution in [0.15, 0.2) is 47.4 Å². The van der Waals surface area contributed by atoms with Gasteiger partial charge in [-0.2, -0.15) is 0 Å². The maximum absolute atomic E-state index is 12.4. The Bertz CT molecular complexity index is 745. The third-order valence-corrected chi connectivity index (χ3v) is 5.02. The maximum atomic E-state index is 12.4. The molecular weight excluding hydrogens is 308 g/mol. The summed E-state index contributed by atoms with van der Waals surface area (Å²) in [6.45, 7) is 2.04. The average Bonchev–Trinajstić information content (AvgIpc) is 2.46. The molecule has 0 radical (unpaired) electrons. The molecule has 2 rings (SSSR count). The summed E-state index contributed by atoms with van der Waals surface area (Å²) >= 11 is 6.03. The van der Waals surface area contributed by atoms with Crippen molar-refractivity contribution in [3.63, 3.8) is 0 Å². The molecule has 2 aromatic rings. The van der Waals surface area contributed by atoms with E-state index in [0.29, 0.717) is 17.1 Å². The first-order valence-corrected chi connectivity index (χ1v) is 8.41. The second-order valence-corrected chi connectivity index (χ2v) is 6.78. The molecule has 0 bridgehead atoms. The lowest BCUT2D eigenvalue weighted by Crippen LogP contribution is -2.24. The summed E-state index contributed by atoms with van der Waals surface area (Å²) < 4.78 is 27.4. The van der Waals surface area contributed by atoms with Crippen molar-refractivity contribution in [2.45, 2.75) is 24.8 Å². The van der Waals surface area contributed by atoms with Crippen LogP contribution in [0.3, 0.4) is 0 Å². The van der Waals surface area contributed by atoms with Gasteiger partial charge in [-0.1, -0.05) is 42.8 Å². The van der Waals surface area contributed by atoms with Crippen molar-refractivity contribution in [2.75, 3.05) is 5.73 Å². The average molecular weight is 325 g/mol. The lowest BCUT2D eigenvalue weighted by atomic mass is 10.1. The summed E-state index contributed by atoms with van der Waals surface area (Å²) in [4.78, 5) is 0.219. The van der Waals surface area contributed by atoms with E-state index >= 15 is 0 Å². The number of aryl methyl sites for hydroxylation is 1. The second-order valence-electron chi connectivity index (χ2n) is 4.64. The van der Waals surface area contributed by atoms with E-state index in [2.05, 4.69) is 4.72 Å². The van der Waals surface area contributed by atoms with Crippen molar-refractivity contribution >= 4 is 27.3 Å². The Morgan fingerprint density at radius 2 is 1.86 bits per heavy atom. The minimum Gasteiger partial charge on any atom is -0.399 e. The summed E-state index contributed by atoms with van der Waals surface area (Å²) in [6.07, 6.45) is 0.614. The van der Waals surface area contributed by atoms with Gasteiger partial charge in [0.1, 0.15) is 0 Å². The Balaban J connectivity index is 2.27. The van der Waals surface area contributed by atoms with E-state index in [0.717, 1.165) is 11.1 Å². The Morgan fingerprint density at radius 3 is 2.52 bits per heavy atom. The number of hydrogen-bond donors (Lipinski definition) is 2. The lowest BCUT2D eigenvalue weighted by Gasteiger charge is -2.12. The predicted molar refractivity (Wildman–Crippen MR) is 85.7 cm³/mol. The lowest BCUT2D eigenvalue weighted by molar-refractivity contribution is 0.580. The summed E-state index contributed by atoms with van der Waals surface area (Å²) in [5, 5.41) is 0.531. The predicted octanol–water partition coefficient (Wildman–Crippen LogP) is 2.96. The van der Waals surface area contributed by atoms with E-state index in [1.54, 1.807) is 30.3 Å². The topological polar surface area (TPSA) is 72.2 Å². The van der Waals surface area contributed by atoms with Gasteiger partial charge < -0.3 is 5.73 Å². The molecule has 0 heterocycles. The quantitative estimate of drug-likeness (QED) is 0.830. The van der Waals surface area contributed by atoms with Crippen molar-refractivity contribution in [3.8, 4) is 0 Å². The first kappa shape index (κ1) is 15.8. The number of nitrogen functional groups attached to an aromatic ring is 1. The smallest absolute Gasteiger partial charge is 0.241 e. The van der Waals surface area contributed by atoms with Gasteiger partial charge in [0.15, 0.2) is 0 Å². The van der Waals surface area contributed by atoms with E-state index < -0.39 is 10.0 Å². The Hall–Kier alpha value is -1.56. The van der Waals surface area contributed by atoms with Gasteiger partial charge in [0, 0.05) is 17.3 Å². The van der Waals surface area contributed by atoms with Crippen LogP contribution in [0, 0.1) is 0 Å². The van der Waals surface area contributed by atoms with E-state index in [1.807, 2.05) is 13.0 Å². The number of halogens is 1. The highest BCUT2D eigenvalue weighted by molar-refractivity contribution is 7.89. The van der Waals surface area contributed by atoms with Gasteiger partial charge in [-0.05, 0) is 35.7 Å². The van der Waals surface area contributed by atoms with Crippen LogP contribution >= 0.6 is 11.6 Å². The molecule has 0 unspecified atom stereocenters. The molecular formula is C15H17ClN2O2S. The van der Waals surface area contributed by atoms with Crippen LogP contribution in [0.25, 0.3) is 0 Å². The zero-order chi connectivity index (χ0) is 15.5. The number of rotatable bonds is 5. The largest absolute Gasteiger partial charge is 0.399 e. The molecule has 0 aliphatic rings. The van der Waals surface area contributed by atoms with Crippen molar-refractivity contribution in [1.82, 2.24) is 4.72 Å². The highest BCUT2D eigenvalue weighted by atomic mass is 35.5. The first-order chi connectivity index (χ1) is 9.94. The summed E-state index contributed by atoms with van der Waals surface area (Å²) in [6, 6.07) is 12.0. The second kappa shape index (κ2) is 6.47. The molecule has 0 saturated heterocycles. The fourth-order valence-electron chi connectivity index (χ4n) is 2.01. The molecule has 6 heteroatoms. The van der Waals surface area contributed by atoms with Crippen molar-refractivity contribution in [1.29, 1.82) is 0 Å². The molecule has 3 N–H and O–H groups in total. The molecule has 0 spiro atoms. The minimum atomic E-state index is -3.63. The van der Waals surface area contributed by atoms with Gasteiger partial charge in [0.05, 0.1) is 4.90 Å². The first-order valence-electron chi connectivity index (χ1n) is 6.55. The SMILES string of the molecule is CCc1ccc(N)cc1S(=O)(=O)NCc1ccccc1Cl. The van der Waals surface area contributed by atoms with E-state index in [-0.39, 0.29) is 11.4 Å². The Kier molecular flexibility index (Phi) is 4.88. The molecule has 4 nitrogen and oxygen atoms in total. The van der Waals surface area contributed by atoms with Gasteiger partial charge in [-0.15, -0.1) is 0 Å². The molecule has 0 aliphatic heterocycles. The fraction of sp³-hybridized carbons (Fsp3) is 0.200. The monoisotopic (exact) mass is 324 g/mol. The standard InChI is InChI=1S/C15H17ClN2O2S/c1-2-11-7-8-13(17)9-15(11)21(19,20)18-10-12-5-3-4-6-14(12)16/h3-9,18H,2,10,17H2,1H3. The number of hydrogen-bond acceptors (Lipinski definition) is 3. The molecule has 0 atom stereocenters. The van der Waals surface area contributed by atoms with E-state index in [1.165, 1.54) is 6.07 Å². The fourth-order valence-corrected chi connectivity index (χ4v) is 3.56. The summed E-state index contributed by atoms with van der Waals surface area (Å²) in [7, 11) is -3.63. The number of nitrogens with one attached hydrogen (secondary N) is 1. The van der Waals surface area contributed by atoms with Crippen LogP contribution in [0.5, 0.6) is 0 Å². The molecule has 0 amide bonds. The van der Waals surface area contributed by atoms with Gasteiger partial charge in [0.25, 0.3) is 0 Å². The van der Waals surface area contributed by atoms with E-state index in [4.69, 9.17) is 17.3 Å². The van der Waals surface area contributed by atoms with Gasteiger partial charge in [-0.25, -0.2) is 13.1 Å². The van der Waals surface area contributed by atoms with Crippen LogP contribution in [0.2, 0.25) is 5.02 Å². The highest BCUT2D eigenvalue weighted by Gasteiger charge is 2.18. The van der Waals surface area contributed by atoms with Crippen molar-refractivity contribution in [3.05, 3.63) is 58.6 Å². The van der Waals surface area contributed by atoms with Crippen LogP contribution in [-0.2, 0) is 23.0 Å². The molecule has 2 aromatic carbocycles. The molecule has 0 saturated carbocycles.